The van der Waals surface area contributed by atoms with Crippen molar-refractivity contribution in [2.24, 2.45) is 5.92 Å². The van der Waals surface area contributed by atoms with Crippen LogP contribution in [0.1, 0.15) is 58.4 Å². The van der Waals surface area contributed by atoms with Gasteiger partial charge in [0.05, 0.1) is 12.1 Å². The summed E-state index contributed by atoms with van der Waals surface area (Å²) in [6, 6.07) is 11.2. The van der Waals surface area contributed by atoms with Gasteiger partial charge in [0, 0.05) is 28.5 Å². The van der Waals surface area contributed by atoms with Gasteiger partial charge in [-0.1, -0.05) is 18.9 Å². The molecule has 2 atom stereocenters. The highest BCUT2D eigenvalue weighted by molar-refractivity contribution is 7.98. The zero-order valence-electron chi connectivity index (χ0n) is 18.8. The number of hydrogen-bond acceptors (Lipinski definition) is 4. The molecule has 0 heterocycles. The highest BCUT2D eigenvalue weighted by atomic mass is 32.2. The maximum absolute atomic E-state index is 12.9. The smallest absolute Gasteiger partial charge is 0.349 e. The number of thioether (sulfide) groups is 1. The Bertz CT molecular complexity index is 1020. The van der Waals surface area contributed by atoms with E-state index in [1.54, 1.807) is 23.9 Å². The van der Waals surface area contributed by atoms with Crippen LogP contribution in [0.5, 0.6) is 0 Å². The number of carbonyl (C=O) groups excluding carboxylic acids is 3. The lowest BCUT2D eigenvalue weighted by molar-refractivity contribution is -0.137. The molecular formula is C25H27F3N2O3S. The zero-order chi connectivity index (χ0) is 24.7. The van der Waals surface area contributed by atoms with Crippen molar-refractivity contribution in [3.05, 3.63) is 65.2 Å². The first-order valence-corrected chi connectivity index (χ1v) is 12.3. The molecule has 0 bridgehead atoms. The van der Waals surface area contributed by atoms with Gasteiger partial charge in [0.25, 0.3) is 11.8 Å². The zero-order valence-corrected chi connectivity index (χ0v) is 19.6. The number of halogens is 3. The fourth-order valence-corrected chi connectivity index (χ4v) is 4.53. The lowest BCUT2D eigenvalue weighted by atomic mass is 9.81. The van der Waals surface area contributed by atoms with Crippen LogP contribution in [0.4, 0.5) is 13.2 Å². The average molecular weight is 493 g/mol. The van der Waals surface area contributed by atoms with Crippen molar-refractivity contribution in [3.63, 3.8) is 0 Å². The van der Waals surface area contributed by atoms with Crippen LogP contribution in [0, 0.1) is 5.92 Å². The summed E-state index contributed by atoms with van der Waals surface area (Å²) in [4.78, 5) is 38.5. The molecule has 1 saturated carbocycles. The Labute approximate surface area is 200 Å². The third-order valence-electron chi connectivity index (χ3n) is 5.97. The normalized spacial score (nSPS) is 18.2. The Morgan fingerprint density at radius 1 is 0.971 bits per heavy atom. The molecule has 1 fully saturated rings. The number of carbonyl (C=O) groups is 3. The van der Waals surface area contributed by atoms with E-state index in [4.69, 9.17) is 0 Å². The molecule has 34 heavy (non-hydrogen) atoms. The molecular weight excluding hydrogens is 465 g/mol. The van der Waals surface area contributed by atoms with Gasteiger partial charge in [-0.2, -0.15) is 13.2 Å². The number of amides is 2. The molecule has 3 rings (SSSR count). The van der Waals surface area contributed by atoms with Crippen LogP contribution in [-0.2, 0) is 11.0 Å². The van der Waals surface area contributed by atoms with E-state index in [2.05, 4.69) is 10.6 Å². The topological polar surface area (TPSA) is 75.3 Å². The van der Waals surface area contributed by atoms with E-state index in [0.29, 0.717) is 5.56 Å². The van der Waals surface area contributed by atoms with Crippen LogP contribution < -0.4 is 10.6 Å². The lowest BCUT2D eigenvalue weighted by Gasteiger charge is -2.32. The second kappa shape index (κ2) is 11.6. The predicted octanol–water partition coefficient (Wildman–Crippen LogP) is 5.11. The summed E-state index contributed by atoms with van der Waals surface area (Å²) in [6.45, 7) is -0.275. The van der Waals surface area contributed by atoms with Gasteiger partial charge in [0.1, 0.15) is 0 Å². The van der Waals surface area contributed by atoms with Gasteiger partial charge in [-0.15, -0.1) is 11.8 Å². The van der Waals surface area contributed by atoms with E-state index >= 15 is 0 Å². The maximum Gasteiger partial charge on any atom is 0.416 e. The Kier molecular flexibility index (Phi) is 8.77. The van der Waals surface area contributed by atoms with E-state index in [-0.39, 0.29) is 42.2 Å². The van der Waals surface area contributed by atoms with E-state index < -0.39 is 17.6 Å². The highest BCUT2D eigenvalue weighted by Crippen LogP contribution is 2.30. The molecule has 0 aromatic heterocycles. The van der Waals surface area contributed by atoms with Crippen LogP contribution in [0.2, 0.25) is 0 Å². The van der Waals surface area contributed by atoms with Crippen LogP contribution in [0.15, 0.2) is 53.4 Å². The summed E-state index contributed by atoms with van der Waals surface area (Å²) in [5.41, 5.74) is -0.518. The summed E-state index contributed by atoms with van der Waals surface area (Å²) in [7, 11) is 0. The third-order valence-corrected chi connectivity index (χ3v) is 6.71. The van der Waals surface area contributed by atoms with Gasteiger partial charge in [0.15, 0.2) is 5.78 Å². The van der Waals surface area contributed by atoms with Crippen molar-refractivity contribution in [1.29, 1.82) is 0 Å². The molecule has 182 valence electrons. The van der Waals surface area contributed by atoms with E-state index in [0.717, 1.165) is 48.8 Å². The molecule has 2 amide bonds. The van der Waals surface area contributed by atoms with Crippen molar-refractivity contribution in [1.82, 2.24) is 10.6 Å². The summed E-state index contributed by atoms with van der Waals surface area (Å²) >= 11 is 1.59. The quantitative estimate of drug-likeness (QED) is 0.503. The van der Waals surface area contributed by atoms with Gasteiger partial charge >= 0.3 is 6.18 Å². The number of rotatable bonds is 8. The molecule has 2 N–H and O–H groups in total. The second-order valence-electron chi connectivity index (χ2n) is 8.36. The van der Waals surface area contributed by atoms with Gasteiger partial charge in [0.2, 0.25) is 0 Å². The number of ketones is 1. The third kappa shape index (κ3) is 7.09. The number of hydrogen-bond donors (Lipinski definition) is 2. The molecule has 9 heteroatoms. The molecule has 1 aliphatic carbocycles. The molecule has 5 nitrogen and oxygen atoms in total. The molecule has 0 aliphatic heterocycles. The molecule has 0 saturated heterocycles. The number of nitrogens with one attached hydrogen (secondary N) is 2. The van der Waals surface area contributed by atoms with Crippen LogP contribution in [0.25, 0.3) is 0 Å². The monoisotopic (exact) mass is 492 g/mol. The van der Waals surface area contributed by atoms with Crippen molar-refractivity contribution in [3.8, 4) is 0 Å². The van der Waals surface area contributed by atoms with Gasteiger partial charge in [-0.25, -0.2) is 0 Å². The number of benzene rings is 2. The Morgan fingerprint density at radius 2 is 1.68 bits per heavy atom. The number of Topliss-reactive ketones (excluding diaryl/α,β-unsaturated/α-hetero) is 1. The largest absolute Gasteiger partial charge is 0.416 e. The fraction of sp³-hybridized carbons (Fsp3) is 0.400. The van der Waals surface area contributed by atoms with E-state index in [9.17, 15) is 27.6 Å². The second-order valence-corrected chi connectivity index (χ2v) is 9.24. The predicted molar refractivity (Wildman–Crippen MR) is 125 cm³/mol. The van der Waals surface area contributed by atoms with Gasteiger partial charge in [-0.3, -0.25) is 14.4 Å². The van der Waals surface area contributed by atoms with Gasteiger partial charge < -0.3 is 10.6 Å². The first-order chi connectivity index (χ1) is 16.2. The van der Waals surface area contributed by atoms with Crippen molar-refractivity contribution < 1.29 is 27.6 Å². The molecule has 1 aliphatic rings. The highest BCUT2D eigenvalue weighted by Gasteiger charge is 2.31. The minimum atomic E-state index is -4.55. The minimum absolute atomic E-state index is 0.0545. The number of alkyl halides is 3. The molecule has 2 aromatic carbocycles. The summed E-state index contributed by atoms with van der Waals surface area (Å²) in [5.74, 6) is -1.20. The molecule has 0 unspecified atom stereocenters. The Morgan fingerprint density at radius 3 is 2.35 bits per heavy atom. The summed E-state index contributed by atoms with van der Waals surface area (Å²) < 4.78 is 38.6. The summed E-state index contributed by atoms with van der Waals surface area (Å²) in [5, 5.41) is 5.46. The Hall–Kier alpha value is -2.81. The maximum atomic E-state index is 12.9. The minimum Gasteiger partial charge on any atom is -0.349 e. The standard InChI is InChI=1S/C25H27F3N2O3S/c1-34-21-11-9-16(10-12-21)24(33)30-22-8-3-2-5-17(22)14-20(31)15-29-23(32)18-6-4-7-19(13-18)25(26,27)28/h4,6-7,9-13,17,22H,2-3,5,8,14-15H2,1H3,(H,29,32)(H,30,33)/t17-,22+/m0/s1. The van der Waals surface area contributed by atoms with Crippen molar-refractivity contribution in [2.45, 2.75) is 49.2 Å². The van der Waals surface area contributed by atoms with Crippen LogP contribution in [-0.4, -0.2) is 36.4 Å². The van der Waals surface area contributed by atoms with Crippen LogP contribution in [0.3, 0.4) is 0 Å². The van der Waals surface area contributed by atoms with Crippen LogP contribution >= 0.6 is 11.8 Å². The fourth-order valence-electron chi connectivity index (χ4n) is 4.12. The van der Waals surface area contributed by atoms with E-state index in [1.807, 2.05) is 18.4 Å². The van der Waals surface area contributed by atoms with Gasteiger partial charge in [-0.05, 0) is 67.5 Å². The average Bonchev–Trinajstić information content (AvgIpc) is 2.83. The molecule has 0 radical (unpaired) electrons. The summed E-state index contributed by atoms with van der Waals surface area (Å²) in [6.07, 6.45) is 1.03. The molecule has 2 aromatic rings. The molecule has 0 spiro atoms. The van der Waals surface area contributed by atoms with Crippen molar-refractivity contribution >= 4 is 29.4 Å². The SMILES string of the molecule is CSc1ccc(C(=O)N[C@@H]2CCCC[C@H]2CC(=O)CNC(=O)c2cccc(C(F)(F)F)c2)cc1. The lowest BCUT2D eigenvalue weighted by Crippen LogP contribution is -2.43. The van der Waals surface area contributed by atoms with E-state index in [1.165, 1.54) is 6.07 Å². The first kappa shape index (κ1) is 25.8. The Balaban J connectivity index is 1.54. The van der Waals surface area contributed by atoms with Crippen molar-refractivity contribution in [2.75, 3.05) is 12.8 Å². The first-order valence-electron chi connectivity index (χ1n) is 11.1.